The molecule has 1 nitrogen and oxygen atoms in total. The van der Waals surface area contributed by atoms with Crippen molar-refractivity contribution in [1.29, 1.82) is 0 Å². The van der Waals surface area contributed by atoms with E-state index in [1.54, 1.807) is 0 Å². The first-order chi connectivity index (χ1) is 23.0. The fraction of sp³-hybridized carbons (Fsp3) is 0. The Bertz CT molecular complexity index is 2720. The zero-order chi connectivity index (χ0) is 31.8. The van der Waals surface area contributed by atoms with Crippen molar-refractivity contribution in [3.8, 4) is 33.4 Å². The van der Waals surface area contributed by atoms with E-state index in [4.69, 9.17) is 7.16 Å². The van der Waals surface area contributed by atoms with Gasteiger partial charge in [0.25, 0.3) is 0 Å². The van der Waals surface area contributed by atoms with E-state index in [-0.39, 0.29) is 24.2 Å². The monoisotopic (exact) mass is 550 g/mol. The molecule has 1 heterocycles. The van der Waals surface area contributed by atoms with Crippen LogP contribution in [0.4, 0.5) is 0 Å². The molecule has 0 N–H and O–H groups in total. The lowest BCUT2D eigenvalue weighted by molar-refractivity contribution is 0.670. The van der Waals surface area contributed by atoms with Gasteiger partial charge in [0.15, 0.2) is 0 Å². The molecule has 0 unspecified atom stereocenters. The smallest absolute Gasteiger partial charge is 0.143 e. The number of furan rings is 1. The molecule has 0 atom stereocenters. The van der Waals surface area contributed by atoms with Crippen molar-refractivity contribution >= 4 is 54.3 Å². The van der Waals surface area contributed by atoms with Gasteiger partial charge in [-0.1, -0.05) is 152 Å². The van der Waals surface area contributed by atoms with Crippen LogP contribution in [0.3, 0.4) is 0 Å². The van der Waals surface area contributed by atoms with Crippen LogP contribution in [0.25, 0.3) is 87.6 Å². The molecule has 9 rings (SSSR count). The van der Waals surface area contributed by atoms with Gasteiger partial charge in [0, 0.05) is 16.3 Å². The van der Waals surface area contributed by atoms with Crippen LogP contribution in [-0.2, 0) is 0 Å². The predicted octanol–water partition coefficient (Wildman–Crippen LogP) is 12.0. The van der Waals surface area contributed by atoms with Crippen molar-refractivity contribution in [2.75, 3.05) is 0 Å². The van der Waals surface area contributed by atoms with E-state index >= 15 is 0 Å². The van der Waals surface area contributed by atoms with Crippen molar-refractivity contribution in [3.63, 3.8) is 0 Å². The van der Waals surface area contributed by atoms with Gasteiger partial charge in [0.1, 0.15) is 11.2 Å². The number of benzene rings is 8. The quantitative estimate of drug-likeness (QED) is 0.199. The molecule has 0 aliphatic carbocycles. The summed E-state index contributed by atoms with van der Waals surface area (Å²) in [6, 6.07) is 44.3. The summed E-state index contributed by atoms with van der Waals surface area (Å²) in [7, 11) is 0. The summed E-state index contributed by atoms with van der Waals surface area (Å²) in [5.41, 5.74) is 6.92. The number of para-hydroxylation sites is 1. The van der Waals surface area contributed by atoms with E-state index in [2.05, 4.69) is 60.7 Å². The third kappa shape index (κ3) is 3.58. The van der Waals surface area contributed by atoms with E-state index in [9.17, 15) is 2.74 Å². The standard InChI is InChI=1S/C42H26O/c1-2-14-28(15-3-1)39-31-18-6-8-20-33(31)40(34-21-9-7-19-32(34)39)36-24-12-26-38-41(36)37-25-11-23-35(42(37)43-38)30-22-10-16-27-13-4-5-17-29(27)30/h1-26H/i6D,8D,18D,20D. The van der Waals surface area contributed by atoms with E-state index in [1.807, 2.05) is 72.8 Å². The highest BCUT2D eigenvalue weighted by Crippen LogP contribution is 2.47. The Morgan fingerprint density at radius 2 is 1.00 bits per heavy atom. The Labute approximate surface area is 254 Å². The molecule has 200 valence electrons. The molecule has 1 aromatic heterocycles. The molecule has 0 radical (unpaired) electrons. The van der Waals surface area contributed by atoms with Crippen LogP contribution in [0.2, 0.25) is 0 Å². The maximum Gasteiger partial charge on any atom is 0.143 e. The van der Waals surface area contributed by atoms with Crippen LogP contribution < -0.4 is 0 Å². The van der Waals surface area contributed by atoms with Gasteiger partial charge in [-0.15, -0.1) is 0 Å². The highest BCUT2D eigenvalue weighted by atomic mass is 16.3. The molecular formula is C42H26O. The maximum absolute atomic E-state index is 9.29. The summed E-state index contributed by atoms with van der Waals surface area (Å²) in [5, 5.41) is 7.01. The number of rotatable bonds is 3. The molecule has 1 heteroatoms. The van der Waals surface area contributed by atoms with Gasteiger partial charge in [-0.05, 0) is 66.2 Å². The van der Waals surface area contributed by atoms with Gasteiger partial charge in [-0.3, -0.25) is 0 Å². The first kappa shape index (κ1) is 20.3. The van der Waals surface area contributed by atoms with Gasteiger partial charge < -0.3 is 4.42 Å². The second-order valence-corrected chi connectivity index (χ2v) is 10.9. The second-order valence-electron chi connectivity index (χ2n) is 10.9. The summed E-state index contributed by atoms with van der Waals surface area (Å²) in [5.74, 6) is 0. The molecule has 0 bridgehead atoms. The minimum Gasteiger partial charge on any atom is -0.455 e. The minimum absolute atomic E-state index is 0.0469. The maximum atomic E-state index is 9.29. The average molecular weight is 551 g/mol. The van der Waals surface area contributed by atoms with E-state index < -0.39 is 0 Å². The number of hydrogen-bond donors (Lipinski definition) is 0. The number of fused-ring (bicyclic) bond motifs is 6. The molecule has 0 aliphatic rings. The third-order valence-corrected chi connectivity index (χ3v) is 8.59. The molecule has 0 fully saturated rings. The fourth-order valence-corrected chi connectivity index (χ4v) is 6.79. The van der Waals surface area contributed by atoms with Crippen LogP contribution in [0.1, 0.15) is 5.48 Å². The lowest BCUT2D eigenvalue weighted by atomic mass is 9.85. The molecule has 0 saturated carbocycles. The molecule has 43 heavy (non-hydrogen) atoms. The third-order valence-electron chi connectivity index (χ3n) is 8.59. The van der Waals surface area contributed by atoms with Crippen molar-refractivity contribution in [3.05, 3.63) is 158 Å². The van der Waals surface area contributed by atoms with Gasteiger partial charge in [0.05, 0.1) is 5.48 Å². The van der Waals surface area contributed by atoms with Gasteiger partial charge in [0.2, 0.25) is 0 Å². The van der Waals surface area contributed by atoms with E-state index in [0.29, 0.717) is 10.8 Å². The van der Waals surface area contributed by atoms with Crippen LogP contribution in [0, 0.1) is 0 Å². The topological polar surface area (TPSA) is 13.1 Å². The van der Waals surface area contributed by atoms with Crippen molar-refractivity contribution < 1.29 is 9.90 Å². The Hall–Kier alpha value is -5.66. The molecule has 0 saturated heterocycles. The summed E-state index contributed by atoms with van der Waals surface area (Å²) in [6.07, 6.45) is 0. The highest BCUT2D eigenvalue weighted by Gasteiger charge is 2.21. The molecule has 0 spiro atoms. The zero-order valence-corrected chi connectivity index (χ0v) is 23.1. The van der Waals surface area contributed by atoms with Crippen LogP contribution in [0.15, 0.2) is 162 Å². The Morgan fingerprint density at radius 1 is 0.419 bits per heavy atom. The minimum atomic E-state index is -0.250. The lowest BCUT2D eigenvalue weighted by Crippen LogP contribution is -1.91. The van der Waals surface area contributed by atoms with Crippen LogP contribution in [0.5, 0.6) is 0 Å². The SMILES string of the molecule is [2H]c1c([2H])c([2H])c2c(-c3cccc4oc5c(-c6cccc7ccccc67)cccc5c34)c3ccccc3c(-c3ccccc3)c2c1[2H]. The fourth-order valence-electron chi connectivity index (χ4n) is 6.79. The van der Waals surface area contributed by atoms with Gasteiger partial charge >= 0.3 is 0 Å². The molecule has 8 aromatic carbocycles. The molecular weight excluding hydrogens is 520 g/mol. The van der Waals surface area contributed by atoms with Crippen molar-refractivity contribution in [2.24, 2.45) is 0 Å². The molecule has 9 aromatic rings. The summed E-state index contributed by atoms with van der Waals surface area (Å²) in [6.45, 7) is 0. The first-order valence-corrected chi connectivity index (χ1v) is 14.5. The Kier molecular flexibility index (Phi) is 4.45. The summed E-state index contributed by atoms with van der Waals surface area (Å²) in [4.78, 5) is 0. The normalized spacial score (nSPS) is 13.0. The molecule has 0 amide bonds. The van der Waals surface area contributed by atoms with E-state index in [1.165, 1.54) is 0 Å². The van der Waals surface area contributed by atoms with E-state index in [0.717, 1.165) is 76.9 Å². The predicted molar refractivity (Wildman–Crippen MR) is 183 cm³/mol. The summed E-state index contributed by atoms with van der Waals surface area (Å²) >= 11 is 0. The average Bonchev–Trinajstić information content (AvgIpc) is 3.51. The Balaban J connectivity index is 1.46. The van der Waals surface area contributed by atoms with Gasteiger partial charge in [-0.2, -0.15) is 0 Å². The highest BCUT2D eigenvalue weighted by molar-refractivity contribution is 6.26. The van der Waals surface area contributed by atoms with Crippen molar-refractivity contribution in [1.82, 2.24) is 0 Å². The Morgan fingerprint density at radius 3 is 1.84 bits per heavy atom. The first-order valence-electron chi connectivity index (χ1n) is 16.5. The number of hydrogen-bond acceptors (Lipinski definition) is 1. The van der Waals surface area contributed by atoms with Crippen molar-refractivity contribution in [2.45, 2.75) is 0 Å². The second kappa shape index (κ2) is 9.44. The van der Waals surface area contributed by atoms with Gasteiger partial charge in [-0.25, -0.2) is 0 Å². The lowest BCUT2D eigenvalue weighted by Gasteiger charge is -2.18. The largest absolute Gasteiger partial charge is 0.455 e. The zero-order valence-electron chi connectivity index (χ0n) is 27.1. The molecule has 0 aliphatic heterocycles. The summed E-state index contributed by atoms with van der Waals surface area (Å²) < 4.78 is 42.6. The van der Waals surface area contributed by atoms with Crippen LogP contribution in [-0.4, -0.2) is 0 Å². The van der Waals surface area contributed by atoms with Crippen LogP contribution >= 0.6 is 0 Å².